The molecule has 0 bridgehead atoms. The van der Waals surface area contributed by atoms with Crippen LogP contribution in [0.25, 0.3) is 0 Å². The van der Waals surface area contributed by atoms with E-state index in [0.717, 1.165) is 0 Å². The fourth-order valence-electron chi connectivity index (χ4n) is 0.0945. The maximum atomic E-state index is 11.2. The molecule has 0 aromatic carbocycles. The molecular weight excluding hydrogens is 117 g/mol. The van der Waals surface area contributed by atoms with Crippen molar-refractivity contribution < 1.29 is 13.2 Å². The van der Waals surface area contributed by atoms with Gasteiger partial charge in [-0.25, -0.2) is 0 Å². The summed E-state index contributed by atoms with van der Waals surface area (Å²) in [5, 5.41) is 0. The molecule has 0 aliphatic heterocycles. The third-order valence-electron chi connectivity index (χ3n) is 0.596. The third-order valence-corrected chi connectivity index (χ3v) is 0.596. The van der Waals surface area contributed by atoms with E-state index in [1.54, 1.807) is 0 Å². The zero-order valence-corrected chi connectivity index (χ0v) is 4.00. The predicted octanol–water partition coefficient (Wildman–Crippen LogP) is 1.63. The largest absolute Gasteiger partial charge is 0.402 e. The van der Waals surface area contributed by atoms with Crippen LogP contribution >= 0.6 is 0 Å². The van der Waals surface area contributed by atoms with Crippen LogP contribution in [0.3, 0.4) is 0 Å². The molecule has 45 valence electrons. The minimum absolute atomic E-state index is 1.47. The summed E-state index contributed by atoms with van der Waals surface area (Å²) in [6, 6.07) is 0. The van der Waals surface area contributed by atoms with Gasteiger partial charge in [0, 0.05) is 0 Å². The van der Waals surface area contributed by atoms with Gasteiger partial charge < -0.3 is 0 Å². The second kappa shape index (κ2) is 2.08. The van der Waals surface area contributed by atoms with Crippen LogP contribution in [0.15, 0.2) is 0 Å². The predicted molar refractivity (Wildman–Crippen MR) is 23.7 cm³/mol. The Morgan fingerprint density at radius 2 is 1.88 bits per heavy atom. The summed E-state index contributed by atoms with van der Waals surface area (Å²) in [4.78, 5) is 0. The van der Waals surface area contributed by atoms with Crippen LogP contribution < -0.4 is 0 Å². The Labute approximate surface area is 45.7 Å². The van der Waals surface area contributed by atoms with Gasteiger partial charge in [-0.2, -0.15) is 13.2 Å². The van der Waals surface area contributed by atoms with Gasteiger partial charge in [-0.05, 0) is 6.92 Å². The topological polar surface area (TPSA) is 0 Å². The van der Waals surface area contributed by atoms with Crippen molar-refractivity contribution in [3.63, 3.8) is 0 Å². The molecule has 0 rings (SSSR count). The van der Waals surface area contributed by atoms with Crippen LogP contribution in [-0.4, -0.2) is 6.18 Å². The van der Waals surface area contributed by atoms with Gasteiger partial charge in [0.1, 0.15) is 5.92 Å². The Kier molecular flexibility index (Phi) is 1.91. The lowest BCUT2D eigenvalue weighted by atomic mass is 10.2. The van der Waals surface area contributed by atoms with Gasteiger partial charge >= 0.3 is 6.18 Å². The Hall–Kier alpha value is -0.650. The molecule has 0 saturated heterocycles. The van der Waals surface area contributed by atoms with Crippen LogP contribution in [0.4, 0.5) is 13.2 Å². The maximum Gasteiger partial charge on any atom is 0.402 e. The third kappa shape index (κ3) is 1.87. The number of rotatable bonds is 0. The van der Waals surface area contributed by atoms with Crippen molar-refractivity contribution in [1.82, 2.24) is 0 Å². The van der Waals surface area contributed by atoms with E-state index >= 15 is 0 Å². The van der Waals surface area contributed by atoms with Crippen LogP contribution in [-0.2, 0) is 0 Å². The summed E-state index contributed by atoms with van der Waals surface area (Å²) >= 11 is 0. The van der Waals surface area contributed by atoms with E-state index in [0.29, 0.717) is 0 Å². The minimum Gasteiger partial charge on any atom is -0.170 e. The Morgan fingerprint density at radius 1 is 1.50 bits per heavy atom. The lowest BCUT2D eigenvalue weighted by Crippen LogP contribution is -2.17. The lowest BCUT2D eigenvalue weighted by Gasteiger charge is -2.06. The first-order valence-electron chi connectivity index (χ1n) is 1.84. The van der Waals surface area contributed by atoms with E-state index in [-0.39, 0.29) is 0 Å². The Morgan fingerprint density at radius 3 is 1.88 bits per heavy atom. The summed E-state index contributed by atoms with van der Waals surface area (Å²) in [5.74, 6) is -0.404. The van der Waals surface area contributed by atoms with Gasteiger partial charge in [0.15, 0.2) is 0 Å². The van der Waals surface area contributed by atoms with Crippen LogP contribution in [0.5, 0.6) is 0 Å². The highest BCUT2D eigenvalue weighted by Crippen LogP contribution is 2.23. The highest BCUT2D eigenvalue weighted by molar-refractivity contribution is 4.98. The molecule has 0 heterocycles. The molecular formula is C5H4F3. The van der Waals surface area contributed by atoms with Crippen molar-refractivity contribution in [2.75, 3.05) is 0 Å². The Bertz CT molecular complexity index is 106. The number of terminal acetylenes is 1. The van der Waals surface area contributed by atoms with Crippen molar-refractivity contribution in [2.24, 2.45) is 5.92 Å². The van der Waals surface area contributed by atoms with Crippen molar-refractivity contribution in [2.45, 2.75) is 6.18 Å². The quantitative estimate of drug-likeness (QED) is 0.427. The smallest absolute Gasteiger partial charge is 0.170 e. The molecule has 0 saturated carbocycles. The van der Waals surface area contributed by atoms with Gasteiger partial charge in [0.2, 0.25) is 0 Å². The van der Waals surface area contributed by atoms with Crippen molar-refractivity contribution in [1.29, 1.82) is 0 Å². The molecule has 0 aliphatic rings. The number of halogens is 3. The standard InChI is InChI=1S/C5H4F3/c1-3-4(2)5(6,7)8/h1,4H,2H2. The molecule has 0 aromatic heterocycles. The molecule has 1 unspecified atom stereocenters. The van der Waals surface area contributed by atoms with Crippen molar-refractivity contribution in [3.8, 4) is 12.3 Å². The van der Waals surface area contributed by atoms with E-state index in [1.165, 1.54) is 5.92 Å². The van der Waals surface area contributed by atoms with E-state index in [1.807, 2.05) is 0 Å². The molecule has 0 N–H and O–H groups in total. The first-order valence-corrected chi connectivity index (χ1v) is 1.84. The zero-order chi connectivity index (χ0) is 6.78. The van der Waals surface area contributed by atoms with E-state index in [2.05, 4.69) is 13.3 Å². The average molecular weight is 121 g/mol. The minimum atomic E-state index is -4.34. The van der Waals surface area contributed by atoms with Crippen LogP contribution in [0.2, 0.25) is 0 Å². The second-order valence-electron chi connectivity index (χ2n) is 1.26. The summed E-state index contributed by atoms with van der Waals surface area (Å²) < 4.78 is 33.7. The van der Waals surface area contributed by atoms with Crippen molar-refractivity contribution >= 4 is 0 Å². The maximum absolute atomic E-state index is 11.2. The van der Waals surface area contributed by atoms with Crippen LogP contribution in [0, 0.1) is 25.2 Å². The first-order chi connectivity index (χ1) is 3.48. The van der Waals surface area contributed by atoms with Gasteiger partial charge in [-0.3, -0.25) is 0 Å². The van der Waals surface area contributed by atoms with Gasteiger partial charge in [0.05, 0.1) is 0 Å². The summed E-state index contributed by atoms with van der Waals surface area (Å²) in [7, 11) is 0. The molecule has 0 aromatic rings. The zero-order valence-electron chi connectivity index (χ0n) is 4.00. The average Bonchev–Trinajstić information content (AvgIpc) is 1.62. The van der Waals surface area contributed by atoms with Gasteiger partial charge in [0.25, 0.3) is 0 Å². The number of hydrogen-bond donors (Lipinski definition) is 0. The summed E-state index contributed by atoms with van der Waals surface area (Å²) in [6.07, 6.45) is 0.0871. The van der Waals surface area contributed by atoms with E-state index in [9.17, 15) is 13.2 Å². The molecule has 8 heavy (non-hydrogen) atoms. The molecule has 0 fully saturated rings. The molecule has 3 heteroatoms. The summed E-state index contributed by atoms with van der Waals surface area (Å²) in [5.41, 5.74) is 0. The molecule has 1 radical (unpaired) electrons. The molecule has 0 amide bonds. The van der Waals surface area contributed by atoms with Crippen molar-refractivity contribution in [3.05, 3.63) is 6.92 Å². The lowest BCUT2D eigenvalue weighted by molar-refractivity contribution is -0.147. The highest BCUT2D eigenvalue weighted by atomic mass is 19.4. The van der Waals surface area contributed by atoms with Crippen LogP contribution in [0.1, 0.15) is 0 Å². The van der Waals surface area contributed by atoms with Gasteiger partial charge in [-0.1, -0.05) is 5.92 Å². The van der Waals surface area contributed by atoms with E-state index < -0.39 is 12.1 Å². The number of hydrogen-bond acceptors (Lipinski definition) is 0. The fourth-order valence-corrected chi connectivity index (χ4v) is 0.0945. The Balaban J connectivity index is 3.87. The molecule has 1 atom stereocenters. The molecule has 0 aliphatic carbocycles. The number of alkyl halides is 3. The second-order valence-corrected chi connectivity index (χ2v) is 1.26. The molecule has 0 nitrogen and oxygen atoms in total. The fraction of sp³-hybridized carbons (Fsp3) is 0.400. The molecule has 0 spiro atoms. The normalized spacial score (nSPS) is 14.9. The summed E-state index contributed by atoms with van der Waals surface area (Å²) in [6.45, 7) is 2.67. The van der Waals surface area contributed by atoms with E-state index in [4.69, 9.17) is 0 Å². The van der Waals surface area contributed by atoms with Gasteiger partial charge in [-0.15, -0.1) is 6.42 Å². The first kappa shape index (κ1) is 7.35. The highest BCUT2D eigenvalue weighted by Gasteiger charge is 2.34. The SMILES string of the molecule is C#CC([CH2])C(F)(F)F. The monoisotopic (exact) mass is 121 g/mol.